The van der Waals surface area contributed by atoms with Gasteiger partial charge in [0.2, 0.25) is 0 Å². The van der Waals surface area contributed by atoms with E-state index in [4.69, 9.17) is 4.42 Å². The van der Waals surface area contributed by atoms with Gasteiger partial charge >= 0.3 is 0 Å². The summed E-state index contributed by atoms with van der Waals surface area (Å²) in [6.45, 7) is 4.23. The minimum absolute atomic E-state index is 0.898. The monoisotopic (exact) mass is 300 g/mol. The van der Waals surface area contributed by atoms with Crippen LogP contribution in [-0.4, -0.2) is 0 Å². The molecule has 0 bridgehead atoms. The molecule has 0 aliphatic rings. The van der Waals surface area contributed by atoms with E-state index in [0.717, 1.165) is 11.3 Å². The van der Waals surface area contributed by atoms with Crippen molar-refractivity contribution in [2.24, 2.45) is 0 Å². The Hall–Kier alpha value is -2.80. The van der Waals surface area contributed by atoms with Crippen LogP contribution in [0.1, 0.15) is 30.7 Å². The minimum Gasteiger partial charge on any atom is -0.464 e. The van der Waals surface area contributed by atoms with E-state index in [2.05, 4.69) is 68.5 Å². The van der Waals surface area contributed by atoms with Gasteiger partial charge in [0.05, 0.1) is 6.26 Å². The first-order chi connectivity index (χ1) is 11.3. The summed E-state index contributed by atoms with van der Waals surface area (Å²) in [4.78, 5) is 0. The fourth-order valence-corrected chi connectivity index (χ4v) is 2.61. The number of hydrogen-bond donors (Lipinski definition) is 0. The molecule has 0 N–H and O–H groups in total. The topological polar surface area (TPSA) is 13.1 Å². The molecule has 0 radical (unpaired) electrons. The number of benzene rings is 2. The van der Waals surface area contributed by atoms with Gasteiger partial charge < -0.3 is 4.42 Å². The van der Waals surface area contributed by atoms with E-state index in [1.54, 1.807) is 6.26 Å². The summed E-state index contributed by atoms with van der Waals surface area (Å²) in [5.41, 5.74) is 5.94. The van der Waals surface area contributed by atoms with E-state index < -0.39 is 0 Å². The average Bonchev–Trinajstić information content (AvgIpc) is 3.11. The van der Waals surface area contributed by atoms with Crippen molar-refractivity contribution in [2.45, 2.75) is 13.8 Å². The summed E-state index contributed by atoms with van der Waals surface area (Å²) in [5, 5.41) is 0. The smallest absolute Gasteiger partial charge is 0.133 e. The summed E-state index contributed by atoms with van der Waals surface area (Å²) < 4.78 is 5.63. The van der Waals surface area contributed by atoms with Gasteiger partial charge in [-0.3, -0.25) is 0 Å². The highest BCUT2D eigenvalue weighted by molar-refractivity contribution is 5.90. The summed E-state index contributed by atoms with van der Waals surface area (Å²) in [6, 6.07) is 24.9. The highest BCUT2D eigenvalue weighted by atomic mass is 16.3. The third-order valence-corrected chi connectivity index (χ3v) is 3.78. The standard InChI is InChI=1S/C22H20O/c1-17(2)20(22-14-9-15-23-22)16-21(18-10-5-3-6-11-18)19-12-7-4-8-13-19/h3-16H,1-2H3. The van der Waals surface area contributed by atoms with E-state index in [1.165, 1.54) is 22.3 Å². The molecule has 0 saturated heterocycles. The Morgan fingerprint density at radius 3 is 1.74 bits per heavy atom. The maximum atomic E-state index is 5.63. The fourth-order valence-electron chi connectivity index (χ4n) is 2.61. The van der Waals surface area contributed by atoms with Gasteiger partial charge in [0, 0.05) is 5.57 Å². The Labute approximate surface area is 137 Å². The van der Waals surface area contributed by atoms with Gasteiger partial charge in [-0.05, 0) is 48.8 Å². The van der Waals surface area contributed by atoms with Gasteiger partial charge in [0.15, 0.2) is 0 Å². The fraction of sp³-hybridized carbons (Fsp3) is 0.0909. The first kappa shape index (κ1) is 15.1. The van der Waals surface area contributed by atoms with Crippen LogP contribution in [0.25, 0.3) is 11.1 Å². The van der Waals surface area contributed by atoms with E-state index in [-0.39, 0.29) is 0 Å². The molecule has 23 heavy (non-hydrogen) atoms. The zero-order valence-electron chi connectivity index (χ0n) is 13.5. The van der Waals surface area contributed by atoms with Crippen molar-refractivity contribution in [1.82, 2.24) is 0 Å². The van der Waals surface area contributed by atoms with Crippen LogP contribution < -0.4 is 0 Å². The maximum absolute atomic E-state index is 5.63. The molecule has 114 valence electrons. The van der Waals surface area contributed by atoms with E-state index in [9.17, 15) is 0 Å². The second kappa shape index (κ2) is 6.97. The van der Waals surface area contributed by atoms with E-state index >= 15 is 0 Å². The molecule has 3 rings (SSSR count). The molecule has 0 atom stereocenters. The Morgan fingerprint density at radius 2 is 1.30 bits per heavy atom. The van der Waals surface area contributed by atoms with Gasteiger partial charge in [-0.25, -0.2) is 0 Å². The van der Waals surface area contributed by atoms with Crippen LogP contribution in [0.5, 0.6) is 0 Å². The van der Waals surface area contributed by atoms with Gasteiger partial charge in [-0.2, -0.15) is 0 Å². The Bertz CT molecular complexity index is 761. The largest absolute Gasteiger partial charge is 0.464 e. The van der Waals surface area contributed by atoms with Crippen molar-refractivity contribution in [3.8, 4) is 0 Å². The Kier molecular flexibility index (Phi) is 4.58. The third-order valence-electron chi connectivity index (χ3n) is 3.78. The molecule has 0 saturated carbocycles. The molecular formula is C22H20O. The lowest BCUT2D eigenvalue weighted by Gasteiger charge is -2.11. The molecule has 0 aliphatic carbocycles. The van der Waals surface area contributed by atoms with Crippen molar-refractivity contribution in [3.63, 3.8) is 0 Å². The molecular weight excluding hydrogens is 280 g/mol. The van der Waals surface area contributed by atoms with E-state index in [1.807, 2.05) is 24.3 Å². The van der Waals surface area contributed by atoms with Crippen molar-refractivity contribution in [1.29, 1.82) is 0 Å². The first-order valence-corrected chi connectivity index (χ1v) is 7.79. The lowest BCUT2D eigenvalue weighted by atomic mass is 9.94. The number of rotatable bonds is 4. The van der Waals surface area contributed by atoms with Crippen LogP contribution in [0.3, 0.4) is 0 Å². The van der Waals surface area contributed by atoms with Crippen molar-refractivity contribution < 1.29 is 4.42 Å². The van der Waals surface area contributed by atoms with Crippen LogP contribution in [0.4, 0.5) is 0 Å². The first-order valence-electron chi connectivity index (χ1n) is 7.79. The van der Waals surface area contributed by atoms with Crippen LogP contribution in [0.15, 0.2) is 95.1 Å². The zero-order chi connectivity index (χ0) is 16.1. The number of furan rings is 1. The Balaban J connectivity index is 2.17. The highest BCUT2D eigenvalue weighted by Crippen LogP contribution is 2.29. The summed E-state index contributed by atoms with van der Waals surface area (Å²) in [7, 11) is 0. The maximum Gasteiger partial charge on any atom is 0.133 e. The summed E-state index contributed by atoms with van der Waals surface area (Å²) in [6.07, 6.45) is 3.94. The lowest BCUT2D eigenvalue weighted by Crippen LogP contribution is -1.90. The second-order valence-corrected chi connectivity index (χ2v) is 5.68. The zero-order valence-corrected chi connectivity index (χ0v) is 13.5. The molecule has 0 fully saturated rings. The van der Waals surface area contributed by atoms with Crippen LogP contribution in [0.2, 0.25) is 0 Å². The van der Waals surface area contributed by atoms with Crippen molar-refractivity contribution in [2.75, 3.05) is 0 Å². The van der Waals surface area contributed by atoms with Crippen molar-refractivity contribution in [3.05, 3.63) is 108 Å². The van der Waals surface area contributed by atoms with Crippen LogP contribution >= 0.6 is 0 Å². The quantitative estimate of drug-likeness (QED) is 0.522. The van der Waals surface area contributed by atoms with Gasteiger partial charge in [0.1, 0.15) is 5.76 Å². The third kappa shape index (κ3) is 3.51. The number of hydrogen-bond acceptors (Lipinski definition) is 1. The SMILES string of the molecule is CC(C)=C(C=C(c1ccccc1)c1ccccc1)c1ccco1. The van der Waals surface area contributed by atoms with E-state index in [0.29, 0.717) is 0 Å². The predicted molar refractivity (Wildman–Crippen MR) is 96.9 cm³/mol. The highest BCUT2D eigenvalue weighted by Gasteiger charge is 2.09. The molecule has 3 aromatic rings. The van der Waals surface area contributed by atoms with Crippen molar-refractivity contribution >= 4 is 11.1 Å². The van der Waals surface area contributed by atoms with Gasteiger partial charge in [0.25, 0.3) is 0 Å². The lowest BCUT2D eigenvalue weighted by molar-refractivity contribution is 0.553. The molecule has 0 unspecified atom stereocenters. The molecule has 1 aromatic heterocycles. The van der Waals surface area contributed by atoms with Crippen LogP contribution in [0, 0.1) is 0 Å². The molecule has 2 aromatic carbocycles. The predicted octanol–water partition coefficient (Wildman–Crippen LogP) is 6.20. The second-order valence-electron chi connectivity index (χ2n) is 5.68. The molecule has 0 aliphatic heterocycles. The van der Waals surface area contributed by atoms with Gasteiger partial charge in [-0.15, -0.1) is 0 Å². The molecule has 1 nitrogen and oxygen atoms in total. The summed E-state index contributed by atoms with van der Waals surface area (Å²) in [5.74, 6) is 0.898. The Morgan fingerprint density at radius 1 is 0.739 bits per heavy atom. The summed E-state index contributed by atoms with van der Waals surface area (Å²) >= 11 is 0. The number of allylic oxidation sites excluding steroid dienone is 3. The minimum atomic E-state index is 0.898. The van der Waals surface area contributed by atoms with Crippen LogP contribution in [-0.2, 0) is 0 Å². The average molecular weight is 300 g/mol. The molecule has 1 heteroatoms. The molecule has 0 amide bonds. The van der Waals surface area contributed by atoms with Gasteiger partial charge in [-0.1, -0.05) is 66.2 Å². The molecule has 0 spiro atoms. The molecule has 1 heterocycles. The normalized spacial score (nSPS) is 10.2.